The number of rotatable bonds is 5. The van der Waals surface area contributed by atoms with Crippen molar-refractivity contribution < 1.29 is 4.74 Å². The third-order valence-corrected chi connectivity index (χ3v) is 4.58. The van der Waals surface area contributed by atoms with Gasteiger partial charge in [-0.05, 0) is 37.4 Å². The summed E-state index contributed by atoms with van der Waals surface area (Å²) in [7, 11) is 1.79. The fraction of sp³-hybridized carbons (Fsp3) is 0.625. The monoisotopic (exact) mass is 296 g/mol. The molecule has 0 bridgehead atoms. The zero-order chi connectivity index (χ0) is 14.5. The van der Waals surface area contributed by atoms with Crippen LogP contribution in [0.15, 0.2) is 24.3 Å². The summed E-state index contributed by atoms with van der Waals surface area (Å²) in [4.78, 5) is 2.44. The van der Waals surface area contributed by atoms with E-state index < -0.39 is 0 Å². The van der Waals surface area contributed by atoms with Gasteiger partial charge >= 0.3 is 0 Å². The van der Waals surface area contributed by atoms with Gasteiger partial charge in [-0.15, -0.1) is 0 Å². The van der Waals surface area contributed by atoms with Gasteiger partial charge in [-0.3, -0.25) is 4.90 Å². The van der Waals surface area contributed by atoms with Crippen molar-refractivity contribution in [2.75, 3.05) is 20.2 Å². The van der Waals surface area contributed by atoms with E-state index in [1.54, 1.807) is 7.11 Å². The normalized spacial score (nSPS) is 23.5. The lowest BCUT2D eigenvalue weighted by atomic mass is 9.93. The number of hydrogen-bond acceptors (Lipinski definition) is 3. The van der Waals surface area contributed by atoms with Gasteiger partial charge in [-0.1, -0.05) is 36.7 Å². The van der Waals surface area contributed by atoms with Crippen LogP contribution >= 0.6 is 11.6 Å². The maximum absolute atomic E-state index is 6.40. The van der Waals surface area contributed by atoms with E-state index in [1.807, 2.05) is 18.2 Å². The minimum absolute atomic E-state index is 0.0884. The van der Waals surface area contributed by atoms with Crippen molar-refractivity contribution in [3.63, 3.8) is 0 Å². The second-order valence-electron chi connectivity index (χ2n) is 5.53. The standard InChI is InChI=1S/C16H25ClN2O/c1-3-15(18)16(13-8-4-5-9-14(13)17)19-10-6-7-12(11-19)20-2/h4-5,8-9,12,15-16H,3,6-7,10-11,18H2,1-2H3. The van der Waals surface area contributed by atoms with Crippen molar-refractivity contribution in [2.24, 2.45) is 5.73 Å². The Balaban J connectivity index is 2.26. The van der Waals surface area contributed by atoms with Gasteiger partial charge in [0.05, 0.1) is 12.1 Å². The molecule has 3 atom stereocenters. The molecule has 4 heteroatoms. The van der Waals surface area contributed by atoms with E-state index >= 15 is 0 Å². The predicted octanol–water partition coefficient (Wildman–Crippen LogP) is 3.23. The summed E-state index contributed by atoms with van der Waals surface area (Å²) in [5.41, 5.74) is 7.53. The van der Waals surface area contributed by atoms with Crippen molar-refractivity contribution in [3.05, 3.63) is 34.9 Å². The summed E-state index contributed by atoms with van der Waals surface area (Å²) in [5, 5.41) is 0.806. The summed E-state index contributed by atoms with van der Waals surface area (Å²) >= 11 is 6.40. The van der Waals surface area contributed by atoms with Crippen LogP contribution in [-0.2, 0) is 4.74 Å². The van der Waals surface area contributed by atoms with Crippen LogP contribution < -0.4 is 5.73 Å². The minimum atomic E-state index is 0.0884. The summed E-state index contributed by atoms with van der Waals surface area (Å²) in [6, 6.07) is 8.31. The highest BCUT2D eigenvalue weighted by Gasteiger charge is 2.31. The highest BCUT2D eigenvalue weighted by Crippen LogP contribution is 2.32. The highest BCUT2D eigenvalue weighted by atomic mass is 35.5. The number of piperidine rings is 1. The van der Waals surface area contributed by atoms with Crippen LogP contribution in [0.1, 0.15) is 37.8 Å². The van der Waals surface area contributed by atoms with Crippen LogP contribution in [0.25, 0.3) is 0 Å². The molecule has 0 spiro atoms. The second-order valence-corrected chi connectivity index (χ2v) is 5.94. The Bertz CT molecular complexity index is 427. The van der Waals surface area contributed by atoms with Crippen molar-refractivity contribution in [1.29, 1.82) is 0 Å². The van der Waals surface area contributed by atoms with Crippen molar-refractivity contribution in [2.45, 2.75) is 44.4 Å². The molecule has 2 rings (SSSR count). The number of nitrogens with two attached hydrogens (primary N) is 1. The first-order valence-corrected chi connectivity index (χ1v) is 7.82. The van der Waals surface area contributed by atoms with Crippen LogP contribution in [0.2, 0.25) is 5.02 Å². The molecule has 3 unspecified atom stereocenters. The lowest BCUT2D eigenvalue weighted by Gasteiger charge is -2.40. The first kappa shape index (κ1) is 15.8. The average molecular weight is 297 g/mol. The fourth-order valence-corrected chi connectivity index (χ4v) is 3.30. The van der Waals surface area contributed by atoms with Gasteiger partial charge in [0.1, 0.15) is 0 Å². The minimum Gasteiger partial charge on any atom is -0.380 e. The van der Waals surface area contributed by atoms with Gasteiger partial charge in [-0.25, -0.2) is 0 Å². The topological polar surface area (TPSA) is 38.5 Å². The number of nitrogens with zero attached hydrogens (tertiary/aromatic N) is 1. The molecule has 0 radical (unpaired) electrons. The molecular formula is C16H25ClN2O. The quantitative estimate of drug-likeness (QED) is 0.906. The number of benzene rings is 1. The summed E-state index contributed by atoms with van der Waals surface area (Å²) in [6.45, 7) is 4.12. The molecule has 1 aromatic carbocycles. The Morgan fingerprint density at radius 2 is 2.20 bits per heavy atom. The van der Waals surface area contributed by atoms with E-state index in [4.69, 9.17) is 22.1 Å². The highest BCUT2D eigenvalue weighted by molar-refractivity contribution is 6.31. The number of halogens is 1. The van der Waals surface area contributed by atoms with E-state index in [9.17, 15) is 0 Å². The Kier molecular flexibility index (Phi) is 5.85. The number of likely N-dealkylation sites (tertiary alicyclic amines) is 1. The molecule has 1 aromatic rings. The second kappa shape index (κ2) is 7.41. The van der Waals surface area contributed by atoms with Crippen LogP contribution in [0.4, 0.5) is 0 Å². The van der Waals surface area contributed by atoms with Crippen LogP contribution in [-0.4, -0.2) is 37.2 Å². The Morgan fingerprint density at radius 1 is 1.45 bits per heavy atom. The molecule has 1 saturated heterocycles. The molecule has 0 aromatic heterocycles. The predicted molar refractivity (Wildman–Crippen MR) is 84.1 cm³/mol. The lowest BCUT2D eigenvalue weighted by molar-refractivity contribution is 0.00901. The molecule has 2 N–H and O–H groups in total. The summed E-state index contributed by atoms with van der Waals surface area (Å²) < 4.78 is 5.54. The molecule has 0 aliphatic carbocycles. The molecule has 3 nitrogen and oxygen atoms in total. The molecule has 1 aliphatic rings. The number of hydrogen-bond donors (Lipinski definition) is 1. The molecule has 0 amide bonds. The van der Waals surface area contributed by atoms with Crippen LogP contribution in [0.5, 0.6) is 0 Å². The lowest BCUT2D eigenvalue weighted by Crippen LogP contribution is -2.47. The molecule has 1 aliphatic heterocycles. The fourth-order valence-electron chi connectivity index (χ4n) is 3.05. The van der Waals surface area contributed by atoms with Crippen molar-refractivity contribution >= 4 is 11.6 Å². The van der Waals surface area contributed by atoms with Gasteiger partial charge in [0.2, 0.25) is 0 Å². The Labute approximate surface area is 127 Å². The molecular weight excluding hydrogens is 272 g/mol. The maximum atomic E-state index is 6.40. The van der Waals surface area contributed by atoms with E-state index in [2.05, 4.69) is 17.9 Å². The van der Waals surface area contributed by atoms with Gasteiger partial charge < -0.3 is 10.5 Å². The van der Waals surface area contributed by atoms with Gasteiger partial charge in [0.25, 0.3) is 0 Å². The molecule has 1 fully saturated rings. The zero-order valence-corrected chi connectivity index (χ0v) is 13.1. The first-order valence-electron chi connectivity index (χ1n) is 7.44. The van der Waals surface area contributed by atoms with Crippen LogP contribution in [0.3, 0.4) is 0 Å². The average Bonchev–Trinajstić information content (AvgIpc) is 2.49. The zero-order valence-electron chi connectivity index (χ0n) is 12.4. The maximum Gasteiger partial charge on any atom is 0.0698 e. The van der Waals surface area contributed by atoms with Crippen molar-refractivity contribution in [1.82, 2.24) is 4.90 Å². The molecule has 112 valence electrons. The molecule has 1 heterocycles. The molecule has 20 heavy (non-hydrogen) atoms. The van der Waals surface area contributed by atoms with E-state index in [1.165, 1.54) is 0 Å². The first-order chi connectivity index (χ1) is 9.67. The van der Waals surface area contributed by atoms with Gasteiger partial charge in [0.15, 0.2) is 0 Å². The Morgan fingerprint density at radius 3 is 2.85 bits per heavy atom. The summed E-state index contributed by atoms with van der Waals surface area (Å²) in [6.07, 6.45) is 3.52. The summed E-state index contributed by atoms with van der Waals surface area (Å²) in [5.74, 6) is 0. The number of methoxy groups -OCH3 is 1. The van der Waals surface area contributed by atoms with Gasteiger partial charge in [-0.2, -0.15) is 0 Å². The van der Waals surface area contributed by atoms with E-state index in [0.29, 0.717) is 6.10 Å². The molecule has 0 saturated carbocycles. The number of ether oxygens (including phenoxy) is 1. The van der Waals surface area contributed by atoms with E-state index in [-0.39, 0.29) is 12.1 Å². The Hall–Kier alpha value is -0.610. The third-order valence-electron chi connectivity index (χ3n) is 4.24. The SMILES string of the molecule is CCC(N)C(c1ccccc1Cl)N1CCCC(OC)C1. The van der Waals surface area contributed by atoms with Gasteiger partial charge in [0, 0.05) is 24.7 Å². The van der Waals surface area contributed by atoms with Crippen LogP contribution in [0, 0.1) is 0 Å². The largest absolute Gasteiger partial charge is 0.380 e. The third kappa shape index (κ3) is 3.53. The smallest absolute Gasteiger partial charge is 0.0698 e. The van der Waals surface area contributed by atoms with E-state index in [0.717, 1.165) is 42.9 Å². The van der Waals surface area contributed by atoms with Crippen molar-refractivity contribution in [3.8, 4) is 0 Å².